The number of amides is 4. The lowest BCUT2D eigenvalue weighted by Crippen LogP contribution is -2.49. The molecule has 0 saturated carbocycles. The van der Waals surface area contributed by atoms with Crippen LogP contribution in [0.15, 0.2) is 36.7 Å². The Morgan fingerprint density at radius 2 is 1.28 bits per heavy atom. The highest BCUT2D eigenvalue weighted by molar-refractivity contribution is 5.91. The number of carbonyl (C=O) groups excluding carboxylic acids is 8. The van der Waals surface area contributed by atoms with Gasteiger partial charge in [-0.1, -0.05) is 24.3 Å². The molecular formula is C34H44N6O13. The molecular weight excluding hydrogens is 700 g/mol. The highest BCUT2D eigenvalue weighted by Crippen LogP contribution is 2.16. The predicted octanol–water partition coefficient (Wildman–Crippen LogP) is -1.35. The van der Waals surface area contributed by atoms with Gasteiger partial charge in [0.15, 0.2) is 31.2 Å². The number of cyclic esters (lactones) is 4. The van der Waals surface area contributed by atoms with Crippen LogP contribution in [-0.4, -0.2) is 163 Å². The lowest BCUT2D eigenvalue weighted by Gasteiger charge is -2.29. The summed E-state index contributed by atoms with van der Waals surface area (Å²) in [6.45, 7) is -0.507. The van der Waals surface area contributed by atoms with Crippen LogP contribution in [0.2, 0.25) is 0 Å². The quantitative estimate of drug-likeness (QED) is 0.256. The van der Waals surface area contributed by atoms with Crippen LogP contribution in [0.4, 0.5) is 0 Å². The molecule has 3 rings (SSSR count). The van der Waals surface area contributed by atoms with Gasteiger partial charge in [0.2, 0.25) is 0 Å². The number of nitrogens with zero attached hydrogens (tertiary/aromatic N) is 6. The summed E-state index contributed by atoms with van der Waals surface area (Å²) < 4.78 is 27.5. The largest absolute Gasteiger partial charge is 0.493 e. The van der Waals surface area contributed by atoms with Crippen molar-refractivity contribution in [2.24, 2.45) is 0 Å². The van der Waals surface area contributed by atoms with E-state index in [0.29, 0.717) is 17.9 Å². The molecule has 53 heavy (non-hydrogen) atoms. The average molecular weight is 745 g/mol. The van der Waals surface area contributed by atoms with Crippen molar-refractivity contribution in [2.45, 2.75) is 45.1 Å². The smallest absolute Gasteiger partial charge is 0.329 e. The number of likely N-dealkylation sites (N-methyl/N-ethyl adjacent to an activating group) is 4. The van der Waals surface area contributed by atoms with Gasteiger partial charge in [0.05, 0.1) is 26.0 Å². The summed E-state index contributed by atoms with van der Waals surface area (Å²) in [7, 11) is 6.56. The fraction of sp³-hybridized carbons (Fsp3) is 0.500. The molecule has 4 amide bonds. The van der Waals surface area contributed by atoms with Crippen LogP contribution in [0, 0.1) is 0 Å². The number of methoxy groups -OCH3 is 1. The molecule has 19 nitrogen and oxygen atoms in total. The minimum Gasteiger partial charge on any atom is -0.493 e. The van der Waals surface area contributed by atoms with Gasteiger partial charge in [0, 0.05) is 34.6 Å². The van der Waals surface area contributed by atoms with Gasteiger partial charge >= 0.3 is 23.9 Å². The lowest BCUT2D eigenvalue weighted by atomic mass is 10.0. The fourth-order valence-electron chi connectivity index (χ4n) is 4.98. The van der Waals surface area contributed by atoms with Gasteiger partial charge in [0.1, 0.15) is 25.7 Å². The average Bonchev–Trinajstić information content (AvgIpc) is 3.57. The second-order valence-electron chi connectivity index (χ2n) is 12.3. The van der Waals surface area contributed by atoms with Crippen molar-refractivity contribution in [2.75, 3.05) is 68.1 Å². The standard InChI is InChI=1S/C34H44N6O13/c1-21-32(46)37(4)17-30(44)51-20-28(42)39(6)26(12-23-9-8-10-24(11-23)14-40-15-25(49-7)13-35-40)34(48)53-22(2)33(47)38(5)16-29(43)50-19-27(41)36(3)18-31(45)52-21/h8-11,13,15,21-22,26H,12,14,16-20H2,1-7H3. The van der Waals surface area contributed by atoms with Crippen molar-refractivity contribution in [3.05, 3.63) is 47.8 Å². The van der Waals surface area contributed by atoms with Crippen LogP contribution in [-0.2, 0) is 70.3 Å². The lowest BCUT2D eigenvalue weighted by molar-refractivity contribution is -0.167. The maximum atomic E-state index is 13.6. The zero-order valence-corrected chi connectivity index (χ0v) is 30.6. The van der Waals surface area contributed by atoms with E-state index in [1.165, 1.54) is 49.1 Å². The number of aromatic nitrogens is 2. The molecule has 1 aliphatic rings. The van der Waals surface area contributed by atoms with E-state index in [9.17, 15) is 38.4 Å². The summed E-state index contributed by atoms with van der Waals surface area (Å²) in [5, 5.41) is 4.24. The van der Waals surface area contributed by atoms with Crippen LogP contribution < -0.4 is 4.74 Å². The van der Waals surface area contributed by atoms with E-state index in [1.54, 1.807) is 35.3 Å². The summed E-state index contributed by atoms with van der Waals surface area (Å²) in [6, 6.07) is 5.80. The third-order valence-electron chi connectivity index (χ3n) is 8.03. The van der Waals surface area contributed by atoms with E-state index >= 15 is 0 Å². The predicted molar refractivity (Wildman–Crippen MR) is 181 cm³/mol. The summed E-state index contributed by atoms with van der Waals surface area (Å²) in [5.41, 5.74) is 1.42. The molecule has 0 radical (unpaired) electrons. The highest BCUT2D eigenvalue weighted by atomic mass is 16.6. The molecule has 1 aromatic carbocycles. The van der Waals surface area contributed by atoms with Crippen molar-refractivity contribution in [1.82, 2.24) is 29.4 Å². The molecule has 0 bridgehead atoms. The molecule has 19 heteroatoms. The van der Waals surface area contributed by atoms with Gasteiger partial charge in [-0.15, -0.1) is 0 Å². The highest BCUT2D eigenvalue weighted by Gasteiger charge is 2.33. The fourth-order valence-corrected chi connectivity index (χ4v) is 4.98. The van der Waals surface area contributed by atoms with Crippen LogP contribution in [0.5, 0.6) is 5.75 Å². The first-order chi connectivity index (χ1) is 25.0. The number of carbonyl (C=O) groups is 8. The Hall–Kier alpha value is -6.01. The SMILES string of the molecule is COc1cnn(Cc2cccc(CC3C(=O)OC(C)C(=O)N(C)CC(=O)OCC(=O)N(C)CC(=O)OC(C)C(=O)N(C)CC(=O)OCC(=O)N3C)c2)c1. The zero-order chi connectivity index (χ0) is 39.4. The Labute approximate surface area is 305 Å². The second-order valence-corrected chi connectivity index (χ2v) is 12.3. The maximum absolute atomic E-state index is 13.6. The van der Waals surface area contributed by atoms with Gasteiger partial charge in [0.25, 0.3) is 23.6 Å². The molecule has 2 heterocycles. The minimum atomic E-state index is -1.43. The van der Waals surface area contributed by atoms with Crippen LogP contribution in [0.1, 0.15) is 25.0 Å². The molecule has 1 fully saturated rings. The normalized spacial score (nSPS) is 21.5. The summed E-state index contributed by atoms with van der Waals surface area (Å²) in [5.74, 6) is -6.45. The monoisotopic (exact) mass is 744 g/mol. The molecule has 0 spiro atoms. The molecule has 1 saturated heterocycles. The number of rotatable bonds is 5. The molecule has 2 aromatic rings. The van der Waals surface area contributed by atoms with Gasteiger partial charge in [-0.3, -0.25) is 38.2 Å². The second kappa shape index (κ2) is 19.0. The third kappa shape index (κ3) is 12.3. The van der Waals surface area contributed by atoms with Gasteiger partial charge < -0.3 is 43.3 Å². The Kier molecular flexibility index (Phi) is 14.8. The van der Waals surface area contributed by atoms with E-state index in [2.05, 4.69) is 5.10 Å². The van der Waals surface area contributed by atoms with E-state index in [-0.39, 0.29) is 6.42 Å². The number of esters is 4. The molecule has 1 aromatic heterocycles. The number of benzene rings is 1. The summed E-state index contributed by atoms with van der Waals surface area (Å²) in [6.07, 6.45) is 0.394. The topological polar surface area (TPSA) is 213 Å². The molecule has 1 aliphatic heterocycles. The number of hydrogen-bond donors (Lipinski definition) is 0. The molecule has 288 valence electrons. The van der Waals surface area contributed by atoms with Crippen LogP contribution in [0.25, 0.3) is 0 Å². The Balaban J connectivity index is 1.85. The van der Waals surface area contributed by atoms with Crippen molar-refractivity contribution in [1.29, 1.82) is 0 Å². The van der Waals surface area contributed by atoms with Gasteiger partial charge in [-0.25, -0.2) is 4.79 Å². The Morgan fingerprint density at radius 3 is 1.87 bits per heavy atom. The van der Waals surface area contributed by atoms with E-state index in [4.69, 9.17) is 23.7 Å². The first kappa shape index (κ1) is 41.4. The zero-order valence-electron chi connectivity index (χ0n) is 30.6. The van der Waals surface area contributed by atoms with E-state index < -0.39 is 98.6 Å². The number of ether oxygens (including phenoxy) is 5. The maximum Gasteiger partial charge on any atom is 0.329 e. The van der Waals surface area contributed by atoms with E-state index in [0.717, 1.165) is 25.2 Å². The van der Waals surface area contributed by atoms with Gasteiger partial charge in [-0.2, -0.15) is 5.10 Å². The first-order valence-corrected chi connectivity index (χ1v) is 16.3. The molecule has 0 N–H and O–H groups in total. The van der Waals surface area contributed by atoms with Crippen molar-refractivity contribution >= 4 is 47.5 Å². The molecule has 3 unspecified atom stereocenters. The third-order valence-corrected chi connectivity index (χ3v) is 8.03. The summed E-state index contributed by atoms with van der Waals surface area (Å²) >= 11 is 0. The molecule has 0 aliphatic carbocycles. The number of hydrogen-bond acceptors (Lipinski definition) is 14. The minimum absolute atomic E-state index is 0.0787. The van der Waals surface area contributed by atoms with E-state index in [1.807, 2.05) is 6.07 Å². The van der Waals surface area contributed by atoms with Crippen molar-refractivity contribution in [3.8, 4) is 5.75 Å². The van der Waals surface area contributed by atoms with Gasteiger partial charge in [-0.05, 0) is 25.0 Å². The first-order valence-electron chi connectivity index (χ1n) is 16.3. The summed E-state index contributed by atoms with van der Waals surface area (Å²) in [4.78, 5) is 106. The van der Waals surface area contributed by atoms with Crippen LogP contribution >= 0.6 is 0 Å². The molecule has 3 atom stereocenters. The Bertz CT molecular complexity index is 1690. The Morgan fingerprint density at radius 1 is 0.736 bits per heavy atom. The van der Waals surface area contributed by atoms with Crippen molar-refractivity contribution in [3.63, 3.8) is 0 Å². The van der Waals surface area contributed by atoms with Crippen molar-refractivity contribution < 1.29 is 62.0 Å². The van der Waals surface area contributed by atoms with Crippen LogP contribution in [0.3, 0.4) is 0 Å².